The second-order valence-corrected chi connectivity index (χ2v) is 15.6. The number of carbonyl (C=O) groups is 4. The molecule has 0 spiro atoms. The van der Waals surface area contributed by atoms with E-state index in [-0.39, 0.29) is 52.0 Å². The Balaban J connectivity index is 0.000000290. The molecule has 1 saturated heterocycles. The van der Waals surface area contributed by atoms with Crippen molar-refractivity contribution >= 4 is 51.2 Å². The molecular weight excluding hydrogens is 803 g/mol. The van der Waals surface area contributed by atoms with Gasteiger partial charge in [0.1, 0.15) is 11.2 Å². The predicted octanol–water partition coefficient (Wildman–Crippen LogP) is 9.84. The van der Waals surface area contributed by atoms with Crippen LogP contribution in [0.15, 0.2) is 78.9 Å². The van der Waals surface area contributed by atoms with Gasteiger partial charge in [-0.2, -0.15) is 0 Å². The Kier molecular flexibility index (Phi) is 15.8. The number of carbonyl (C=O) groups excluding carboxylic acids is 4. The summed E-state index contributed by atoms with van der Waals surface area (Å²) in [6.07, 6.45) is 4.02. The summed E-state index contributed by atoms with van der Waals surface area (Å²) in [4.78, 5) is 52.1. The molecule has 0 bridgehead atoms. The Morgan fingerprint density at radius 1 is 0.607 bits per heavy atom. The number of methoxy groups -OCH3 is 2. The third-order valence-electron chi connectivity index (χ3n) is 9.48. The Labute approximate surface area is 345 Å². The second-order valence-electron chi connectivity index (χ2n) is 15.6. The van der Waals surface area contributed by atoms with Crippen LogP contribution in [-0.2, 0) is 39.4 Å². The maximum atomic E-state index is 12.3. The number of nitrogens with zero attached hydrogens (tertiary/aromatic N) is 2. The van der Waals surface area contributed by atoms with Gasteiger partial charge in [0.15, 0.2) is 0 Å². The van der Waals surface area contributed by atoms with E-state index in [1.54, 1.807) is 21.9 Å². The third kappa shape index (κ3) is 11.2. The molecule has 2 amide bonds. The van der Waals surface area contributed by atoms with Crippen molar-refractivity contribution in [2.24, 2.45) is 0 Å². The van der Waals surface area contributed by atoms with Crippen LogP contribution in [0, 0.1) is 7.43 Å². The van der Waals surface area contributed by atoms with Gasteiger partial charge >= 0.3 is 24.1 Å². The van der Waals surface area contributed by atoms with Gasteiger partial charge in [0.05, 0.1) is 25.3 Å². The van der Waals surface area contributed by atoms with Crippen LogP contribution in [0.1, 0.15) is 98.6 Å². The van der Waals surface area contributed by atoms with Gasteiger partial charge in [-0.1, -0.05) is 66.7 Å². The molecule has 0 aromatic heterocycles. The van der Waals surface area contributed by atoms with E-state index in [0.29, 0.717) is 43.2 Å². The first kappa shape index (κ1) is 45.7. The molecule has 0 radical (unpaired) electrons. The summed E-state index contributed by atoms with van der Waals surface area (Å²) < 4.78 is 20.7. The fourth-order valence-electron chi connectivity index (χ4n) is 6.96. The molecule has 0 N–H and O–H groups in total. The van der Waals surface area contributed by atoms with Crippen LogP contribution in [0.3, 0.4) is 0 Å². The number of rotatable bonds is 4. The molecule has 304 valence electrons. The zero-order valence-electron chi connectivity index (χ0n) is 34.0. The molecule has 0 aliphatic carbocycles. The summed E-state index contributed by atoms with van der Waals surface area (Å²) in [5.41, 5.74) is 3.65. The van der Waals surface area contributed by atoms with Crippen LogP contribution in [0.25, 0.3) is 27.1 Å². The average molecular weight is 858 g/mol. The number of benzene rings is 4. The van der Waals surface area contributed by atoms with Crippen LogP contribution in [0.5, 0.6) is 0 Å². The zero-order chi connectivity index (χ0) is 39.2. The van der Waals surface area contributed by atoms with Gasteiger partial charge in [0.2, 0.25) is 0 Å². The van der Waals surface area contributed by atoms with E-state index in [4.69, 9.17) is 18.9 Å². The number of esters is 2. The van der Waals surface area contributed by atoms with Crippen LogP contribution in [0.2, 0.25) is 0 Å². The Morgan fingerprint density at radius 3 is 1.57 bits per heavy atom. The number of hydrogen-bond donors (Lipinski definition) is 0. The molecule has 0 saturated carbocycles. The number of ether oxygens (including phenoxy) is 4. The Morgan fingerprint density at radius 2 is 1.07 bits per heavy atom. The number of amides is 2. The van der Waals surface area contributed by atoms with Crippen molar-refractivity contribution in [1.82, 2.24) is 9.80 Å². The van der Waals surface area contributed by atoms with Crippen molar-refractivity contribution in [1.29, 1.82) is 0 Å². The smallest absolute Gasteiger partial charge is 0.410 e. The van der Waals surface area contributed by atoms with Gasteiger partial charge < -0.3 is 36.2 Å². The fraction of sp³-hybridized carbons (Fsp3) is 0.400. The zero-order valence-corrected chi connectivity index (χ0v) is 35.6. The molecule has 56 heavy (non-hydrogen) atoms. The first-order chi connectivity index (χ1) is 25.6. The van der Waals surface area contributed by atoms with E-state index in [1.165, 1.54) is 25.4 Å². The van der Waals surface area contributed by atoms with Crippen molar-refractivity contribution in [3.8, 4) is 0 Å². The molecule has 0 atom stereocenters. The van der Waals surface area contributed by atoms with Crippen LogP contribution in [0.4, 0.5) is 9.59 Å². The van der Waals surface area contributed by atoms with E-state index >= 15 is 0 Å². The topological polar surface area (TPSA) is 112 Å². The van der Waals surface area contributed by atoms with E-state index in [9.17, 15) is 19.2 Å². The number of piperidine rings is 1. The molecule has 2 heterocycles. The van der Waals surface area contributed by atoms with E-state index in [2.05, 4.69) is 24.3 Å². The Hall–Kier alpha value is -4.72. The molecule has 4 aromatic carbocycles. The summed E-state index contributed by atoms with van der Waals surface area (Å²) >= 11 is 0. The number of hydrogen-bond acceptors (Lipinski definition) is 8. The summed E-state index contributed by atoms with van der Waals surface area (Å²) in [6.45, 7) is 13.7. The molecule has 0 unspecified atom stereocenters. The minimum Gasteiger partial charge on any atom is -0.465 e. The van der Waals surface area contributed by atoms with E-state index < -0.39 is 11.2 Å². The van der Waals surface area contributed by atoms with Gasteiger partial charge in [0, 0.05) is 46.6 Å². The largest absolute Gasteiger partial charge is 0.465 e. The molecule has 2 aliphatic heterocycles. The van der Waals surface area contributed by atoms with Crippen molar-refractivity contribution in [3.05, 3.63) is 109 Å². The molecule has 10 nitrogen and oxygen atoms in total. The third-order valence-corrected chi connectivity index (χ3v) is 9.48. The maximum absolute atomic E-state index is 12.3. The molecular formula is C45H55N2O8Pd-. The van der Waals surface area contributed by atoms with Gasteiger partial charge in [0.25, 0.3) is 0 Å². The minimum atomic E-state index is -0.499. The molecule has 1 fully saturated rings. The van der Waals surface area contributed by atoms with Gasteiger partial charge in [-0.05, 0) is 117 Å². The Bertz CT molecular complexity index is 2060. The van der Waals surface area contributed by atoms with Crippen LogP contribution in [-0.4, -0.2) is 85.5 Å². The van der Waals surface area contributed by atoms with E-state index in [1.807, 2.05) is 84.0 Å². The number of likely N-dealkylation sites (tertiary alicyclic amines) is 1. The molecule has 2 aliphatic rings. The monoisotopic (exact) mass is 857 g/mol. The van der Waals surface area contributed by atoms with Gasteiger partial charge in [-0.3, -0.25) is 0 Å². The summed E-state index contributed by atoms with van der Waals surface area (Å²) in [7, 11) is 2.79. The maximum Gasteiger partial charge on any atom is 0.410 e. The fourth-order valence-corrected chi connectivity index (χ4v) is 6.96. The predicted molar refractivity (Wildman–Crippen MR) is 217 cm³/mol. The second kappa shape index (κ2) is 19.4. The average Bonchev–Trinajstić information content (AvgIpc) is 3.15. The minimum absolute atomic E-state index is 0. The van der Waals surface area contributed by atoms with Gasteiger partial charge in [-0.25, -0.2) is 19.2 Å². The molecule has 6 rings (SSSR count). The first-order valence-corrected chi connectivity index (χ1v) is 18.5. The standard InChI is InChI=1S/C22H27NO4.C22H25NO4.CH3.Pd/c2*1-22(2,3)27-21(25)23-13-11-15(12-14-23)16-7-5-9-18-17(16)8-6-10-19(18)20(24)26-4;;/h5-10,15H,11-14H2,1-4H3;5-11H,12-14H2,1-4H3;1H3;/q;;-1;. The first-order valence-electron chi connectivity index (χ1n) is 18.5. The van der Waals surface area contributed by atoms with Crippen molar-refractivity contribution in [2.45, 2.75) is 77.9 Å². The number of fused-ring (bicyclic) bond motifs is 2. The van der Waals surface area contributed by atoms with Crippen LogP contribution < -0.4 is 0 Å². The molecule has 11 heteroatoms. The van der Waals surface area contributed by atoms with Crippen LogP contribution >= 0.6 is 0 Å². The van der Waals surface area contributed by atoms with Crippen molar-refractivity contribution in [3.63, 3.8) is 0 Å². The summed E-state index contributed by atoms with van der Waals surface area (Å²) in [5.74, 6) is -0.316. The summed E-state index contributed by atoms with van der Waals surface area (Å²) in [6, 6.07) is 23.4. The SMILES string of the molecule is COC(=O)c1cccc2c(C3=CCN(C(=O)OC(C)(C)C)CC3)cccc12.COC(=O)c1cccc2c(C3CCN(C(=O)OC(C)(C)C)CC3)cccc12.[CH3-].[Pd]. The van der Waals surface area contributed by atoms with E-state index in [0.717, 1.165) is 46.4 Å². The van der Waals surface area contributed by atoms with Crippen molar-refractivity contribution in [2.75, 3.05) is 40.4 Å². The normalized spacial score (nSPS) is 14.6. The summed E-state index contributed by atoms with van der Waals surface area (Å²) in [5, 5.41) is 3.88. The quantitative estimate of drug-likeness (QED) is 0.0864. The van der Waals surface area contributed by atoms with Crippen molar-refractivity contribution < 1.29 is 58.5 Å². The van der Waals surface area contributed by atoms with Gasteiger partial charge in [-0.15, -0.1) is 0 Å². The molecule has 4 aromatic rings.